The van der Waals surface area contributed by atoms with E-state index in [-0.39, 0.29) is 18.4 Å². The molecule has 4 rings (SSSR count). The third-order valence-corrected chi connectivity index (χ3v) is 4.27. The van der Waals surface area contributed by atoms with E-state index in [9.17, 15) is 9.59 Å². The first-order valence-corrected chi connectivity index (χ1v) is 8.19. The van der Waals surface area contributed by atoms with E-state index in [1.807, 2.05) is 12.1 Å². The molecule has 1 aliphatic heterocycles. The maximum Gasteiger partial charge on any atom is 0.275 e. The second-order valence-electron chi connectivity index (χ2n) is 5.98. The first-order chi connectivity index (χ1) is 12.7. The molecule has 8 heteroatoms. The first kappa shape index (κ1) is 16.2. The predicted octanol–water partition coefficient (Wildman–Crippen LogP) is 1.52. The van der Waals surface area contributed by atoms with Crippen molar-refractivity contribution >= 4 is 29.0 Å². The van der Waals surface area contributed by atoms with E-state index in [1.54, 1.807) is 40.0 Å². The van der Waals surface area contributed by atoms with Crippen LogP contribution in [0.4, 0.5) is 11.4 Å². The molecule has 0 spiro atoms. The van der Waals surface area contributed by atoms with Gasteiger partial charge >= 0.3 is 0 Å². The van der Waals surface area contributed by atoms with Crippen LogP contribution in [0.1, 0.15) is 16.1 Å². The maximum atomic E-state index is 12.4. The van der Waals surface area contributed by atoms with Crippen molar-refractivity contribution in [2.75, 3.05) is 30.5 Å². The number of methoxy groups -OCH3 is 1. The standard InChI is InChI=1S/C18H17N5O3/c1-26-11-16(24)23-8-5-12-9-13(3-4-15(12)23)20-17(25)14-10-22-7-2-6-19-18(22)21-14/h2-4,6-7,9-10H,5,8,11H2,1H3,(H,20,25). The number of anilines is 2. The molecular formula is C18H17N5O3. The van der Waals surface area contributed by atoms with Crippen molar-refractivity contribution in [3.8, 4) is 0 Å². The zero-order chi connectivity index (χ0) is 18.1. The summed E-state index contributed by atoms with van der Waals surface area (Å²) in [6.45, 7) is 0.673. The molecule has 8 nitrogen and oxygen atoms in total. The number of nitrogens with zero attached hydrogens (tertiary/aromatic N) is 4. The summed E-state index contributed by atoms with van der Waals surface area (Å²) in [4.78, 5) is 34.5. The SMILES string of the molecule is COCC(=O)N1CCc2cc(NC(=O)c3cn4cccnc4n3)ccc21. The van der Waals surface area contributed by atoms with Gasteiger partial charge in [-0.3, -0.25) is 14.0 Å². The number of aromatic nitrogens is 3. The summed E-state index contributed by atoms with van der Waals surface area (Å²) in [5.41, 5.74) is 2.84. The van der Waals surface area contributed by atoms with Crippen molar-refractivity contribution in [3.63, 3.8) is 0 Å². The smallest absolute Gasteiger partial charge is 0.275 e. The van der Waals surface area contributed by atoms with Crippen LogP contribution in [-0.2, 0) is 16.0 Å². The van der Waals surface area contributed by atoms with Crippen molar-refractivity contribution in [2.45, 2.75) is 6.42 Å². The minimum Gasteiger partial charge on any atom is -0.375 e. The minimum absolute atomic E-state index is 0.0554. The van der Waals surface area contributed by atoms with Gasteiger partial charge in [0.05, 0.1) is 0 Å². The average Bonchev–Trinajstić information content (AvgIpc) is 3.25. The molecule has 132 valence electrons. The van der Waals surface area contributed by atoms with E-state index in [0.717, 1.165) is 17.7 Å². The lowest BCUT2D eigenvalue weighted by molar-refractivity contribution is -0.122. The van der Waals surface area contributed by atoms with E-state index >= 15 is 0 Å². The number of amides is 2. The Kier molecular flexibility index (Phi) is 4.10. The van der Waals surface area contributed by atoms with Gasteiger partial charge in [-0.2, -0.15) is 0 Å². The van der Waals surface area contributed by atoms with Crippen LogP contribution >= 0.6 is 0 Å². The lowest BCUT2D eigenvalue weighted by Crippen LogP contribution is -2.31. The normalized spacial score (nSPS) is 13.0. The molecule has 0 atom stereocenters. The van der Waals surface area contributed by atoms with Crippen molar-refractivity contribution in [3.05, 3.63) is 54.1 Å². The van der Waals surface area contributed by atoms with E-state index in [1.165, 1.54) is 7.11 Å². The largest absolute Gasteiger partial charge is 0.375 e. The van der Waals surface area contributed by atoms with Gasteiger partial charge in [-0.05, 0) is 36.2 Å². The van der Waals surface area contributed by atoms with Crippen LogP contribution in [0.25, 0.3) is 5.78 Å². The Hall–Kier alpha value is -3.26. The fourth-order valence-corrected chi connectivity index (χ4v) is 3.07. The zero-order valence-corrected chi connectivity index (χ0v) is 14.2. The Balaban J connectivity index is 1.52. The quantitative estimate of drug-likeness (QED) is 0.770. The molecule has 0 saturated carbocycles. The van der Waals surface area contributed by atoms with E-state index in [2.05, 4.69) is 15.3 Å². The third-order valence-electron chi connectivity index (χ3n) is 4.27. The summed E-state index contributed by atoms with van der Waals surface area (Å²) in [6.07, 6.45) is 5.79. The number of carbonyl (C=O) groups excluding carboxylic acids is 2. The summed E-state index contributed by atoms with van der Waals surface area (Å²) in [7, 11) is 1.50. The van der Waals surface area contributed by atoms with Crippen LogP contribution in [0, 0.1) is 0 Å². The van der Waals surface area contributed by atoms with Crippen molar-refractivity contribution in [1.29, 1.82) is 0 Å². The highest BCUT2D eigenvalue weighted by molar-refractivity contribution is 6.03. The Bertz CT molecular complexity index is 964. The van der Waals surface area contributed by atoms with Crippen molar-refractivity contribution < 1.29 is 14.3 Å². The number of carbonyl (C=O) groups is 2. The fourth-order valence-electron chi connectivity index (χ4n) is 3.07. The summed E-state index contributed by atoms with van der Waals surface area (Å²) >= 11 is 0. The summed E-state index contributed by atoms with van der Waals surface area (Å²) in [5, 5.41) is 2.85. The van der Waals surface area contributed by atoms with E-state index in [4.69, 9.17) is 4.74 Å². The number of nitrogens with one attached hydrogen (secondary N) is 1. The van der Waals surface area contributed by atoms with Gasteiger partial charge in [0, 0.05) is 43.6 Å². The van der Waals surface area contributed by atoms with Gasteiger partial charge in [-0.1, -0.05) is 0 Å². The van der Waals surface area contributed by atoms with Crippen LogP contribution in [0.3, 0.4) is 0 Å². The summed E-state index contributed by atoms with van der Waals surface area (Å²) in [5.74, 6) is 0.0971. The number of rotatable bonds is 4. The topological polar surface area (TPSA) is 88.8 Å². The Morgan fingerprint density at radius 2 is 2.23 bits per heavy atom. The van der Waals surface area contributed by atoms with E-state index < -0.39 is 0 Å². The molecule has 0 bridgehead atoms. The Morgan fingerprint density at radius 3 is 3.04 bits per heavy atom. The minimum atomic E-state index is -0.305. The number of ether oxygens (including phenoxy) is 1. The number of hydrogen-bond acceptors (Lipinski definition) is 5. The molecule has 1 aromatic carbocycles. The van der Waals surface area contributed by atoms with Crippen LogP contribution in [0.2, 0.25) is 0 Å². The number of benzene rings is 1. The van der Waals surface area contributed by atoms with Crippen molar-refractivity contribution in [2.24, 2.45) is 0 Å². The monoisotopic (exact) mass is 351 g/mol. The average molecular weight is 351 g/mol. The second kappa shape index (κ2) is 6.57. The Morgan fingerprint density at radius 1 is 1.35 bits per heavy atom. The number of hydrogen-bond donors (Lipinski definition) is 1. The molecule has 0 saturated heterocycles. The highest BCUT2D eigenvalue weighted by atomic mass is 16.5. The molecule has 0 aliphatic carbocycles. The molecule has 0 fully saturated rings. The highest BCUT2D eigenvalue weighted by Crippen LogP contribution is 2.30. The molecular weight excluding hydrogens is 334 g/mol. The van der Waals surface area contributed by atoms with Crippen LogP contribution in [0.5, 0.6) is 0 Å². The lowest BCUT2D eigenvalue weighted by atomic mass is 10.1. The Labute approximate surface area is 149 Å². The van der Waals surface area contributed by atoms with Gasteiger partial charge in [0.2, 0.25) is 5.78 Å². The fraction of sp³-hybridized carbons (Fsp3) is 0.222. The molecule has 0 radical (unpaired) electrons. The van der Waals surface area contributed by atoms with Crippen LogP contribution in [0.15, 0.2) is 42.9 Å². The van der Waals surface area contributed by atoms with Crippen LogP contribution < -0.4 is 10.2 Å². The highest BCUT2D eigenvalue weighted by Gasteiger charge is 2.24. The molecule has 26 heavy (non-hydrogen) atoms. The lowest BCUT2D eigenvalue weighted by Gasteiger charge is -2.17. The molecule has 2 aromatic heterocycles. The second-order valence-corrected chi connectivity index (χ2v) is 5.98. The van der Waals surface area contributed by atoms with E-state index in [0.29, 0.717) is 23.7 Å². The summed E-state index contributed by atoms with van der Waals surface area (Å²) < 4.78 is 6.61. The number of imidazole rings is 1. The predicted molar refractivity (Wildman–Crippen MR) is 95.3 cm³/mol. The molecule has 2 amide bonds. The van der Waals surface area contributed by atoms with Gasteiger partial charge in [0.1, 0.15) is 12.3 Å². The zero-order valence-electron chi connectivity index (χ0n) is 14.2. The molecule has 1 N–H and O–H groups in total. The van der Waals surface area contributed by atoms with Gasteiger partial charge in [-0.25, -0.2) is 9.97 Å². The molecule has 1 aliphatic rings. The third kappa shape index (κ3) is 2.91. The molecule has 3 heterocycles. The molecule has 3 aromatic rings. The summed E-state index contributed by atoms with van der Waals surface area (Å²) in [6, 6.07) is 7.29. The van der Waals surface area contributed by atoms with Gasteiger partial charge in [-0.15, -0.1) is 0 Å². The number of fused-ring (bicyclic) bond motifs is 2. The first-order valence-electron chi connectivity index (χ1n) is 8.19. The van der Waals surface area contributed by atoms with Crippen molar-refractivity contribution in [1.82, 2.24) is 14.4 Å². The van der Waals surface area contributed by atoms with Gasteiger partial charge in [0.25, 0.3) is 11.8 Å². The van der Waals surface area contributed by atoms with Gasteiger partial charge < -0.3 is 15.0 Å². The van der Waals surface area contributed by atoms with Gasteiger partial charge in [0.15, 0.2) is 0 Å². The molecule has 0 unspecified atom stereocenters. The maximum absolute atomic E-state index is 12.4. The van der Waals surface area contributed by atoms with Crippen LogP contribution in [-0.4, -0.2) is 46.4 Å².